The lowest BCUT2D eigenvalue weighted by molar-refractivity contribution is 0.316. The van der Waals surface area contributed by atoms with Gasteiger partial charge in [0.05, 0.1) is 0 Å². The maximum absolute atomic E-state index is 11.1. The molecule has 0 saturated carbocycles. The van der Waals surface area contributed by atoms with Gasteiger partial charge in [0.2, 0.25) is 5.52 Å². The van der Waals surface area contributed by atoms with E-state index in [1.807, 2.05) is 0 Å². The van der Waals surface area contributed by atoms with Crippen LogP contribution in [0.15, 0.2) is 0 Å². The van der Waals surface area contributed by atoms with E-state index >= 15 is 0 Å². The highest BCUT2D eigenvalue weighted by Gasteiger charge is 2.44. The van der Waals surface area contributed by atoms with E-state index in [4.69, 9.17) is 19.6 Å². The Morgan fingerprint density at radius 1 is 1.12 bits per heavy atom. The summed E-state index contributed by atoms with van der Waals surface area (Å²) in [5.74, 6) is 0.736. The summed E-state index contributed by atoms with van der Waals surface area (Å²) >= 11 is -0.946. The van der Waals surface area contributed by atoms with Crippen molar-refractivity contribution in [3.63, 3.8) is 0 Å². The lowest BCUT2D eigenvalue weighted by Crippen LogP contribution is -2.42. The van der Waals surface area contributed by atoms with Gasteiger partial charge >= 0.3 is 15.2 Å². The van der Waals surface area contributed by atoms with Gasteiger partial charge in [0.25, 0.3) is 0 Å². The highest BCUT2D eigenvalue weighted by molar-refractivity contribution is 7.91. The van der Waals surface area contributed by atoms with Crippen LogP contribution in [0.5, 0.6) is 0 Å². The van der Waals surface area contributed by atoms with E-state index < -0.39 is 37.9 Å². The maximum atomic E-state index is 11.1. The summed E-state index contributed by atoms with van der Waals surface area (Å²) in [5, 5.41) is 2.30. The molecule has 0 aliphatic carbocycles. The topological polar surface area (TPSA) is 150 Å². The second kappa shape index (κ2) is 5.69. The van der Waals surface area contributed by atoms with Crippen molar-refractivity contribution < 1.29 is 33.3 Å². The second-order valence-corrected chi connectivity index (χ2v) is 9.33. The standard InChI is InChI=1S/C6H15NO7P2S/c8-15(9,10)6(16(11,12)13)7-5-1-3-17(14)4-2-5/h5-7H,1-4H2,(H2,8,9,10)(H2,11,12,13). The molecule has 0 bridgehead atoms. The molecule has 0 atom stereocenters. The Labute approximate surface area is 101 Å². The SMILES string of the molecule is O=P(O)(O)C(NC1CC[S+]([O-])CC1)P(=O)(O)O. The van der Waals surface area contributed by atoms with Crippen LogP contribution < -0.4 is 5.32 Å². The average molecular weight is 307 g/mol. The second-order valence-electron chi connectivity index (χ2n) is 3.84. The van der Waals surface area contributed by atoms with Crippen molar-refractivity contribution in [2.24, 2.45) is 0 Å². The van der Waals surface area contributed by atoms with Crippen LogP contribution in [-0.4, -0.2) is 47.2 Å². The first-order chi connectivity index (χ1) is 7.60. The van der Waals surface area contributed by atoms with Gasteiger partial charge < -0.3 is 24.1 Å². The monoisotopic (exact) mass is 307 g/mol. The van der Waals surface area contributed by atoms with E-state index in [1.54, 1.807) is 0 Å². The molecule has 0 radical (unpaired) electrons. The third-order valence-electron chi connectivity index (χ3n) is 2.41. The Hall–Kier alpha value is 0.570. The fraction of sp³-hybridized carbons (Fsp3) is 1.00. The normalized spacial score (nSPS) is 27.4. The summed E-state index contributed by atoms with van der Waals surface area (Å²) < 4.78 is 33.1. The van der Waals surface area contributed by atoms with E-state index in [2.05, 4.69) is 5.32 Å². The van der Waals surface area contributed by atoms with Crippen molar-refractivity contribution >= 4 is 26.4 Å². The van der Waals surface area contributed by atoms with Crippen molar-refractivity contribution in [2.75, 3.05) is 11.5 Å². The molecular weight excluding hydrogens is 292 g/mol. The Balaban J connectivity index is 2.69. The molecule has 0 aromatic carbocycles. The third-order valence-corrected chi connectivity index (χ3v) is 7.17. The van der Waals surface area contributed by atoms with Crippen molar-refractivity contribution in [1.29, 1.82) is 0 Å². The minimum atomic E-state index is -4.93. The van der Waals surface area contributed by atoms with Gasteiger partial charge in [-0.15, -0.1) is 0 Å². The summed E-state index contributed by atoms with van der Waals surface area (Å²) in [6, 6.07) is -0.432. The fourth-order valence-corrected chi connectivity index (χ4v) is 5.24. The fourth-order valence-electron chi connectivity index (χ4n) is 1.56. The predicted molar refractivity (Wildman–Crippen MR) is 61.9 cm³/mol. The first-order valence-corrected chi connectivity index (χ1v) is 9.67. The first-order valence-electron chi connectivity index (χ1n) is 4.82. The van der Waals surface area contributed by atoms with Crippen LogP contribution in [0.2, 0.25) is 0 Å². The van der Waals surface area contributed by atoms with E-state index in [-0.39, 0.29) is 0 Å². The van der Waals surface area contributed by atoms with Gasteiger partial charge in [0, 0.05) is 18.9 Å². The summed E-state index contributed by atoms with van der Waals surface area (Å²) in [5.41, 5.74) is -2.17. The molecule has 11 heteroatoms. The van der Waals surface area contributed by atoms with Gasteiger partial charge in [-0.2, -0.15) is 0 Å². The molecule has 0 spiro atoms. The number of rotatable bonds is 4. The minimum Gasteiger partial charge on any atom is -0.616 e. The molecule has 102 valence electrons. The van der Waals surface area contributed by atoms with E-state index in [0.29, 0.717) is 24.3 Å². The number of hydrogen-bond acceptors (Lipinski definition) is 4. The quantitative estimate of drug-likeness (QED) is 0.332. The van der Waals surface area contributed by atoms with Crippen LogP contribution in [0.3, 0.4) is 0 Å². The molecular formula is C6H15NO7P2S. The summed E-state index contributed by atoms with van der Waals surface area (Å²) in [4.78, 5) is 35.6. The molecule has 1 rings (SSSR count). The van der Waals surface area contributed by atoms with Crippen molar-refractivity contribution in [3.05, 3.63) is 0 Å². The molecule has 8 nitrogen and oxygen atoms in total. The molecule has 0 aromatic heterocycles. The van der Waals surface area contributed by atoms with Crippen LogP contribution in [0.1, 0.15) is 12.8 Å². The van der Waals surface area contributed by atoms with Crippen molar-refractivity contribution in [3.8, 4) is 0 Å². The summed E-state index contributed by atoms with van der Waals surface area (Å²) in [6.45, 7) is 0. The Kier molecular flexibility index (Phi) is 5.23. The molecule has 1 heterocycles. The lowest BCUT2D eigenvalue weighted by atomic mass is 10.2. The maximum Gasteiger partial charge on any atom is 0.354 e. The third kappa shape index (κ3) is 4.98. The van der Waals surface area contributed by atoms with Gasteiger partial charge in [0.15, 0.2) is 0 Å². The minimum absolute atomic E-state index is 0.368. The van der Waals surface area contributed by atoms with Gasteiger partial charge in [0.1, 0.15) is 11.5 Å². The van der Waals surface area contributed by atoms with E-state index in [0.717, 1.165) is 0 Å². The van der Waals surface area contributed by atoms with Crippen LogP contribution in [0.25, 0.3) is 0 Å². The highest BCUT2D eigenvalue weighted by Crippen LogP contribution is 2.58. The molecule has 17 heavy (non-hydrogen) atoms. The summed E-state index contributed by atoms with van der Waals surface area (Å²) in [7, 11) is -9.86. The predicted octanol–water partition coefficient (Wildman–Crippen LogP) is -0.874. The van der Waals surface area contributed by atoms with Gasteiger partial charge in [-0.05, 0) is 0 Å². The van der Waals surface area contributed by atoms with Crippen LogP contribution >= 0.6 is 15.2 Å². The first kappa shape index (κ1) is 15.6. The van der Waals surface area contributed by atoms with Gasteiger partial charge in [-0.3, -0.25) is 14.4 Å². The van der Waals surface area contributed by atoms with Crippen molar-refractivity contribution in [2.45, 2.75) is 24.4 Å². The Morgan fingerprint density at radius 3 is 1.88 bits per heavy atom. The molecule has 5 N–H and O–H groups in total. The molecule has 1 aliphatic heterocycles. The van der Waals surface area contributed by atoms with E-state index in [1.165, 1.54) is 0 Å². The van der Waals surface area contributed by atoms with Crippen molar-refractivity contribution in [1.82, 2.24) is 5.32 Å². The molecule has 1 fully saturated rings. The molecule has 1 saturated heterocycles. The zero-order valence-corrected chi connectivity index (χ0v) is 11.4. The highest BCUT2D eigenvalue weighted by atomic mass is 32.2. The van der Waals surface area contributed by atoms with E-state index in [9.17, 15) is 13.7 Å². The largest absolute Gasteiger partial charge is 0.616 e. The van der Waals surface area contributed by atoms with Crippen LogP contribution in [0, 0.1) is 0 Å². The molecule has 0 amide bonds. The Bertz CT molecular complexity index is 324. The van der Waals surface area contributed by atoms with Gasteiger partial charge in [-0.1, -0.05) is 11.2 Å². The summed E-state index contributed by atoms with van der Waals surface area (Å²) in [6.07, 6.45) is 0.756. The molecule has 0 unspecified atom stereocenters. The number of nitrogens with one attached hydrogen (secondary N) is 1. The average Bonchev–Trinajstić information content (AvgIpc) is 2.13. The Morgan fingerprint density at radius 2 is 1.53 bits per heavy atom. The number of hydrogen-bond donors (Lipinski definition) is 5. The molecule has 1 aliphatic rings. The zero-order chi connectivity index (χ0) is 13.3. The zero-order valence-electron chi connectivity index (χ0n) is 8.80. The lowest BCUT2D eigenvalue weighted by Gasteiger charge is -2.29. The smallest absolute Gasteiger partial charge is 0.354 e. The van der Waals surface area contributed by atoms with Crippen LogP contribution in [0.4, 0.5) is 0 Å². The van der Waals surface area contributed by atoms with Gasteiger partial charge in [-0.25, -0.2) is 0 Å². The molecule has 0 aromatic rings. The van der Waals surface area contributed by atoms with Crippen LogP contribution in [-0.2, 0) is 20.3 Å².